The third-order valence-corrected chi connectivity index (χ3v) is 5.47. The molecule has 8 heteroatoms. The molecule has 0 fully saturated rings. The minimum Gasteiger partial charge on any atom is -0.369 e. The lowest BCUT2D eigenvalue weighted by Gasteiger charge is -2.09. The molecule has 0 bridgehead atoms. The number of fused-ring (bicyclic) bond motifs is 2. The van der Waals surface area contributed by atoms with Crippen LogP contribution >= 0.6 is 0 Å². The summed E-state index contributed by atoms with van der Waals surface area (Å²) in [6.45, 7) is 0.687. The van der Waals surface area contributed by atoms with Gasteiger partial charge in [0, 0.05) is 24.6 Å². The monoisotopic (exact) mass is 381 g/mol. The van der Waals surface area contributed by atoms with Gasteiger partial charge in [-0.25, -0.2) is 23.4 Å². The molecule has 0 amide bonds. The zero-order valence-electron chi connectivity index (χ0n) is 14.8. The van der Waals surface area contributed by atoms with E-state index < -0.39 is 9.84 Å². The Morgan fingerprint density at radius 1 is 1.07 bits per heavy atom. The lowest BCUT2D eigenvalue weighted by Crippen LogP contribution is -2.06. The van der Waals surface area contributed by atoms with E-state index in [1.807, 2.05) is 24.3 Å². The van der Waals surface area contributed by atoms with Crippen molar-refractivity contribution in [3.8, 4) is 0 Å². The van der Waals surface area contributed by atoms with E-state index in [0.717, 1.165) is 29.7 Å². The van der Waals surface area contributed by atoms with E-state index >= 15 is 0 Å². The van der Waals surface area contributed by atoms with Crippen LogP contribution in [0.5, 0.6) is 0 Å². The molecule has 0 aliphatic carbocycles. The summed E-state index contributed by atoms with van der Waals surface area (Å²) >= 11 is 0. The van der Waals surface area contributed by atoms with Crippen LogP contribution in [0.4, 0.5) is 5.82 Å². The van der Waals surface area contributed by atoms with Gasteiger partial charge in [0.2, 0.25) is 0 Å². The number of hydrogen-bond acceptors (Lipinski definition) is 6. The van der Waals surface area contributed by atoms with E-state index in [0.29, 0.717) is 23.3 Å². The average molecular weight is 381 g/mol. The van der Waals surface area contributed by atoms with Crippen molar-refractivity contribution in [3.05, 3.63) is 54.6 Å². The summed E-state index contributed by atoms with van der Waals surface area (Å²) in [5.41, 5.74) is 2.71. The summed E-state index contributed by atoms with van der Waals surface area (Å²) in [7, 11) is -3.28. The zero-order valence-corrected chi connectivity index (χ0v) is 15.6. The Balaban J connectivity index is 1.46. The number of imidazole rings is 1. The Labute approximate surface area is 156 Å². The number of aryl methyl sites for hydroxylation is 1. The Bertz CT molecular complexity index is 1180. The molecular formula is C19H19N5O2S. The van der Waals surface area contributed by atoms with Gasteiger partial charge in [-0.3, -0.25) is 0 Å². The molecule has 0 aliphatic heterocycles. The van der Waals surface area contributed by atoms with E-state index in [1.54, 1.807) is 18.2 Å². The van der Waals surface area contributed by atoms with E-state index in [9.17, 15) is 8.42 Å². The highest BCUT2D eigenvalue weighted by atomic mass is 32.2. The molecule has 0 spiro atoms. The molecule has 4 aromatic rings. The lowest BCUT2D eigenvalue weighted by atomic mass is 10.2. The van der Waals surface area contributed by atoms with Gasteiger partial charge in [0.25, 0.3) is 0 Å². The van der Waals surface area contributed by atoms with Crippen molar-refractivity contribution in [1.82, 2.24) is 19.9 Å². The fourth-order valence-corrected chi connectivity index (χ4v) is 3.64. The number of rotatable bonds is 6. The highest BCUT2D eigenvalue weighted by Gasteiger charge is 2.11. The first-order valence-electron chi connectivity index (χ1n) is 8.63. The first-order valence-corrected chi connectivity index (χ1v) is 10.5. The third kappa shape index (κ3) is 3.75. The molecule has 0 unspecified atom stereocenters. The van der Waals surface area contributed by atoms with Gasteiger partial charge in [0.1, 0.15) is 18.0 Å². The van der Waals surface area contributed by atoms with Gasteiger partial charge >= 0.3 is 0 Å². The predicted octanol–water partition coefficient (Wildman–Crippen LogP) is 2.95. The SMILES string of the molecule is CS(=O)(=O)c1ccc2ncnc(NCCCc3nc4ccccc4[nH]3)c2c1. The Hall–Kier alpha value is -3.00. The molecule has 0 radical (unpaired) electrons. The summed E-state index contributed by atoms with van der Waals surface area (Å²) in [5.74, 6) is 1.58. The van der Waals surface area contributed by atoms with Crippen LogP contribution < -0.4 is 5.32 Å². The molecule has 7 nitrogen and oxygen atoms in total. The van der Waals surface area contributed by atoms with Gasteiger partial charge in [0.05, 0.1) is 21.4 Å². The van der Waals surface area contributed by atoms with Crippen molar-refractivity contribution in [2.24, 2.45) is 0 Å². The number of H-pyrrole nitrogens is 1. The second-order valence-corrected chi connectivity index (χ2v) is 8.42. The lowest BCUT2D eigenvalue weighted by molar-refractivity contribution is 0.602. The summed E-state index contributed by atoms with van der Waals surface area (Å²) in [6, 6.07) is 12.8. The molecule has 0 aliphatic rings. The second-order valence-electron chi connectivity index (χ2n) is 6.40. The van der Waals surface area contributed by atoms with Crippen molar-refractivity contribution in [3.63, 3.8) is 0 Å². The number of aromatic amines is 1. The van der Waals surface area contributed by atoms with Crippen molar-refractivity contribution >= 4 is 37.6 Å². The molecule has 2 N–H and O–H groups in total. The Kier molecular flexibility index (Phi) is 4.49. The zero-order chi connectivity index (χ0) is 18.9. The Morgan fingerprint density at radius 2 is 1.93 bits per heavy atom. The predicted molar refractivity (Wildman–Crippen MR) is 106 cm³/mol. The molecule has 0 atom stereocenters. The number of sulfone groups is 1. The van der Waals surface area contributed by atoms with E-state index in [1.165, 1.54) is 12.6 Å². The largest absolute Gasteiger partial charge is 0.369 e. The first-order chi connectivity index (χ1) is 13.0. The molecule has 27 heavy (non-hydrogen) atoms. The fraction of sp³-hybridized carbons (Fsp3) is 0.211. The number of aromatic nitrogens is 4. The van der Waals surface area contributed by atoms with Crippen LogP contribution in [-0.4, -0.2) is 41.2 Å². The van der Waals surface area contributed by atoms with E-state index in [2.05, 4.69) is 25.3 Å². The Morgan fingerprint density at radius 3 is 2.74 bits per heavy atom. The molecule has 0 saturated carbocycles. The van der Waals surface area contributed by atoms with Gasteiger partial charge in [-0.2, -0.15) is 0 Å². The summed E-state index contributed by atoms with van der Waals surface area (Å²) in [5, 5.41) is 3.98. The highest BCUT2D eigenvalue weighted by molar-refractivity contribution is 7.90. The van der Waals surface area contributed by atoms with Crippen LogP contribution in [0.25, 0.3) is 21.9 Å². The molecule has 2 heterocycles. The van der Waals surface area contributed by atoms with Gasteiger partial charge in [0.15, 0.2) is 9.84 Å². The highest BCUT2D eigenvalue weighted by Crippen LogP contribution is 2.23. The van der Waals surface area contributed by atoms with E-state index in [4.69, 9.17) is 0 Å². The number of nitrogens with one attached hydrogen (secondary N) is 2. The first kappa shape index (κ1) is 17.4. The number of benzene rings is 2. The van der Waals surface area contributed by atoms with Crippen molar-refractivity contribution in [2.45, 2.75) is 17.7 Å². The smallest absolute Gasteiger partial charge is 0.175 e. The minimum atomic E-state index is -3.28. The van der Waals surface area contributed by atoms with Crippen LogP contribution in [0.1, 0.15) is 12.2 Å². The number of nitrogens with zero attached hydrogens (tertiary/aromatic N) is 3. The van der Waals surface area contributed by atoms with Gasteiger partial charge < -0.3 is 10.3 Å². The van der Waals surface area contributed by atoms with Gasteiger partial charge in [-0.1, -0.05) is 12.1 Å². The topological polar surface area (TPSA) is 101 Å². The van der Waals surface area contributed by atoms with Crippen LogP contribution in [0.3, 0.4) is 0 Å². The number of anilines is 1. The molecule has 2 aromatic heterocycles. The average Bonchev–Trinajstić information content (AvgIpc) is 3.07. The minimum absolute atomic E-state index is 0.259. The maximum Gasteiger partial charge on any atom is 0.175 e. The fourth-order valence-electron chi connectivity index (χ4n) is 2.99. The van der Waals surface area contributed by atoms with Crippen LogP contribution in [0, 0.1) is 0 Å². The van der Waals surface area contributed by atoms with Gasteiger partial charge in [-0.05, 0) is 36.8 Å². The third-order valence-electron chi connectivity index (χ3n) is 4.36. The standard InChI is InChI=1S/C19H19N5O2S/c1-27(25,26)13-8-9-15-14(11-13)19(22-12-21-15)20-10-4-7-18-23-16-5-2-3-6-17(16)24-18/h2-3,5-6,8-9,11-12H,4,7,10H2,1H3,(H,23,24)(H,20,21,22). The molecule has 2 aromatic carbocycles. The molecule has 4 rings (SSSR count). The van der Waals surface area contributed by atoms with Crippen molar-refractivity contribution in [1.29, 1.82) is 0 Å². The summed E-state index contributed by atoms with van der Waals surface area (Å²) in [6.07, 6.45) is 4.33. The van der Waals surface area contributed by atoms with Crippen LogP contribution in [0.2, 0.25) is 0 Å². The van der Waals surface area contributed by atoms with Crippen molar-refractivity contribution < 1.29 is 8.42 Å². The van der Waals surface area contributed by atoms with Crippen molar-refractivity contribution in [2.75, 3.05) is 18.1 Å². The quantitative estimate of drug-likeness (QED) is 0.498. The molecule has 0 saturated heterocycles. The maximum atomic E-state index is 11.8. The van der Waals surface area contributed by atoms with Crippen LogP contribution in [0.15, 0.2) is 53.7 Å². The number of para-hydroxylation sites is 2. The van der Waals surface area contributed by atoms with Crippen LogP contribution in [-0.2, 0) is 16.3 Å². The maximum absolute atomic E-state index is 11.8. The normalized spacial score (nSPS) is 11.9. The summed E-state index contributed by atoms with van der Waals surface area (Å²) in [4.78, 5) is 16.6. The molecular weight excluding hydrogens is 362 g/mol. The van der Waals surface area contributed by atoms with E-state index in [-0.39, 0.29) is 4.90 Å². The van der Waals surface area contributed by atoms with Gasteiger partial charge in [-0.15, -0.1) is 0 Å². The second kappa shape index (κ2) is 6.96. The summed E-state index contributed by atoms with van der Waals surface area (Å²) < 4.78 is 23.6. The molecule has 138 valence electrons. The number of hydrogen-bond donors (Lipinski definition) is 2.